The third kappa shape index (κ3) is 8290. The van der Waals surface area contributed by atoms with Gasteiger partial charge in [0.1, 0.15) is 0 Å². The van der Waals surface area contributed by atoms with Crippen LogP contribution in [0.4, 0.5) is 0 Å². The van der Waals surface area contributed by atoms with Crippen LogP contribution in [0.25, 0.3) is 0 Å². The molecule has 0 atom stereocenters. The molecule has 0 unspecified atom stereocenters. The van der Waals surface area contributed by atoms with E-state index in [1.54, 1.807) is 6.08 Å². The van der Waals surface area contributed by atoms with Gasteiger partial charge in [0.25, 0.3) is 0 Å². The van der Waals surface area contributed by atoms with Crippen LogP contribution in [0.2, 0.25) is 0 Å². The molecule has 6 N–H and O–H groups in total. The Kier molecular flexibility index (Phi) is 35.5. The Morgan fingerprint density at radius 2 is 0.842 bits per heavy atom. The van der Waals surface area contributed by atoms with Crippen LogP contribution in [0.1, 0.15) is 41.5 Å². The first-order valence-corrected chi connectivity index (χ1v) is 10.6. The quantitative estimate of drug-likeness (QED) is 0.288. The van der Waals surface area contributed by atoms with E-state index in [2.05, 4.69) is 51.0 Å². The Morgan fingerprint density at radius 3 is 0.842 bits per heavy atom. The Morgan fingerprint density at radius 1 is 0.842 bits per heavy atom. The predicted molar refractivity (Wildman–Crippen MR) is 89.6 cm³/mol. The lowest BCUT2D eigenvalue weighted by Crippen LogP contribution is -1.66. The van der Waals surface area contributed by atoms with Crippen LogP contribution in [0.5, 0.6) is 0 Å². The van der Waals surface area contributed by atoms with Gasteiger partial charge in [-0.05, 0) is 36.5 Å². The van der Waals surface area contributed by atoms with Crippen LogP contribution in [-0.4, -0.2) is 29.4 Å². The van der Waals surface area contributed by atoms with Crippen LogP contribution in [-0.2, 0) is 23.6 Å². The number of allylic oxidation sites excluding steroid dienone is 1. The van der Waals surface area contributed by atoms with Crippen molar-refractivity contribution in [1.82, 2.24) is 0 Å². The van der Waals surface area contributed by atoms with Crippen molar-refractivity contribution in [2.24, 2.45) is 5.92 Å². The largest absolute Gasteiger partial charge is 0.325 e. The lowest BCUT2D eigenvalue weighted by molar-refractivity contribution is 0.361. The molecular formula is C9H28O6P2S2. The monoisotopic (exact) mass is 358 g/mol. The Balaban J connectivity index is -0.0000000446. The fourth-order valence-corrected chi connectivity index (χ4v) is 0. The van der Waals surface area contributed by atoms with Gasteiger partial charge in [0.15, 0.2) is 0 Å². The molecule has 0 aliphatic carbocycles. The fraction of sp³-hybridized carbons (Fsp3) is 0.778. The van der Waals surface area contributed by atoms with Crippen molar-refractivity contribution >= 4 is 37.1 Å². The summed E-state index contributed by atoms with van der Waals surface area (Å²) >= 11 is 7.21. The summed E-state index contributed by atoms with van der Waals surface area (Å²) in [4.78, 5) is 45.3. The smallest absolute Gasteiger partial charge is 0.319 e. The third-order valence-corrected chi connectivity index (χ3v) is 0. The van der Waals surface area contributed by atoms with Gasteiger partial charge in [-0.25, -0.2) is 0 Å². The second-order valence-electron chi connectivity index (χ2n) is 3.17. The summed E-state index contributed by atoms with van der Waals surface area (Å²) in [5, 5.41) is 0. The molecule has 122 valence electrons. The summed E-state index contributed by atoms with van der Waals surface area (Å²) in [5.41, 5.74) is 0. The summed E-state index contributed by atoms with van der Waals surface area (Å²) in [6, 6.07) is 0. The van der Waals surface area contributed by atoms with Crippen LogP contribution < -0.4 is 0 Å². The van der Waals surface area contributed by atoms with Gasteiger partial charge in [-0.1, -0.05) is 40.7 Å². The maximum absolute atomic E-state index is 7.56. The molecule has 0 radical (unpaired) electrons. The van der Waals surface area contributed by atoms with Gasteiger partial charge in [0.05, 0.1) is 0 Å². The van der Waals surface area contributed by atoms with Gasteiger partial charge in [0, 0.05) is 0 Å². The summed E-state index contributed by atoms with van der Waals surface area (Å²) in [6.45, 7) is 8.14. The van der Waals surface area contributed by atoms with Crippen LogP contribution in [0, 0.1) is 5.92 Å². The van der Waals surface area contributed by atoms with Gasteiger partial charge in [0.2, 0.25) is 0 Å². The molecule has 0 aliphatic rings. The minimum Gasteiger partial charge on any atom is -0.325 e. The van der Waals surface area contributed by atoms with Crippen molar-refractivity contribution in [3.05, 3.63) is 12.7 Å². The number of hydrogen-bond donors (Lipinski definition) is 6. The highest BCUT2D eigenvalue weighted by atomic mass is 32.5. The van der Waals surface area contributed by atoms with Crippen molar-refractivity contribution in [2.45, 2.75) is 41.5 Å². The summed E-state index contributed by atoms with van der Waals surface area (Å²) in [5.74, 6) is 0.833. The Bertz CT molecular complexity index is 210. The van der Waals surface area contributed by atoms with Gasteiger partial charge < -0.3 is 29.4 Å². The zero-order chi connectivity index (χ0) is 17.3. The standard InChI is InChI=1S/C4H10.C3H6.C2H6.2H3O3PS/c1-4(2)3;1-3-2;1-2;2*1-4(2,3)5/h4H,1-3H3;3H,1H2,2H3;1-2H3;2*(H3,1,2,3,5). The maximum atomic E-state index is 7.56. The summed E-state index contributed by atoms with van der Waals surface area (Å²) in [6.07, 6.45) is 1.75. The van der Waals surface area contributed by atoms with Gasteiger partial charge >= 0.3 is 13.4 Å². The molecule has 0 aromatic rings. The second-order valence-corrected chi connectivity index (χ2v) is 8.16. The van der Waals surface area contributed by atoms with Gasteiger partial charge in [-0.2, -0.15) is 0 Å². The molecule has 0 rings (SSSR count). The predicted octanol–water partition coefficient (Wildman–Crippen LogP) is 2.26. The highest BCUT2D eigenvalue weighted by Gasteiger charge is 1.92. The van der Waals surface area contributed by atoms with E-state index in [0.717, 1.165) is 5.92 Å². The SMILES string of the molecule is C=CC.CC.CC(C)C.OP(O)(O)=S.OP(O)(O)=S. The van der Waals surface area contributed by atoms with Crippen LogP contribution in [0.3, 0.4) is 0 Å². The zero-order valence-electron chi connectivity index (χ0n) is 12.3. The van der Waals surface area contributed by atoms with E-state index in [0.29, 0.717) is 0 Å². The van der Waals surface area contributed by atoms with E-state index in [1.807, 2.05) is 20.8 Å². The van der Waals surface area contributed by atoms with E-state index in [-0.39, 0.29) is 0 Å². The lowest BCUT2D eigenvalue weighted by atomic mass is 10.3. The highest BCUT2D eigenvalue weighted by Crippen LogP contribution is 2.26. The maximum Gasteiger partial charge on any atom is 0.319 e. The molecule has 0 saturated heterocycles. The van der Waals surface area contributed by atoms with Crippen molar-refractivity contribution in [2.75, 3.05) is 0 Å². The van der Waals surface area contributed by atoms with Crippen molar-refractivity contribution < 1.29 is 29.4 Å². The second kappa shape index (κ2) is 21.1. The molecular weight excluding hydrogens is 330 g/mol. The average Bonchev–Trinajstić information content (AvgIpc) is 2.00. The van der Waals surface area contributed by atoms with Gasteiger partial charge in [-0.15, -0.1) is 6.58 Å². The first-order chi connectivity index (χ1) is 8.15. The minimum atomic E-state index is -3.81. The lowest BCUT2D eigenvalue weighted by Gasteiger charge is -1.88. The van der Waals surface area contributed by atoms with Gasteiger partial charge in [-0.3, -0.25) is 0 Å². The molecule has 10 heteroatoms. The van der Waals surface area contributed by atoms with E-state index < -0.39 is 13.4 Å². The van der Waals surface area contributed by atoms with Crippen molar-refractivity contribution in [1.29, 1.82) is 0 Å². The van der Waals surface area contributed by atoms with E-state index in [1.165, 1.54) is 0 Å². The minimum absolute atomic E-state index is 0.833. The molecule has 0 heterocycles. The molecule has 0 aromatic carbocycles. The van der Waals surface area contributed by atoms with Crippen molar-refractivity contribution in [3.63, 3.8) is 0 Å². The summed E-state index contributed by atoms with van der Waals surface area (Å²) in [7, 11) is 0. The normalized spacial score (nSPS) is 9.11. The van der Waals surface area contributed by atoms with Crippen LogP contribution in [0.15, 0.2) is 12.7 Å². The molecule has 6 nitrogen and oxygen atoms in total. The molecule has 0 saturated carbocycles. The topological polar surface area (TPSA) is 121 Å². The van der Waals surface area contributed by atoms with E-state index >= 15 is 0 Å². The Hall–Kier alpha value is 0.800. The van der Waals surface area contributed by atoms with E-state index in [4.69, 9.17) is 29.4 Å². The van der Waals surface area contributed by atoms with E-state index in [9.17, 15) is 0 Å². The molecule has 0 aromatic heterocycles. The molecule has 0 bridgehead atoms. The number of hydrogen-bond acceptors (Lipinski definition) is 2. The molecule has 0 aliphatic heterocycles. The Labute approximate surface area is 127 Å². The zero-order valence-corrected chi connectivity index (χ0v) is 15.7. The highest BCUT2D eigenvalue weighted by molar-refractivity contribution is 8.06. The molecule has 0 spiro atoms. The third-order valence-electron chi connectivity index (χ3n) is 0. The average molecular weight is 358 g/mol. The first kappa shape index (κ1) is 31.9. The van der Waals surface area contributed by atoms with Crippen molar-refractivity contribution in [3.8, 4) is 0 Å². The molecule has 19 heavy (non-hydrogen) atoms. The summed E-state index contributed by atoms with van der Waals surface area (Å²) < 4.78 is 0. The van der Waals surface area contributed by atoms with Crippen LogP contribution >= 0.6 is 13.4 Å². The first-order valence-electron chi connectivity index (χ1n) is 5.28. The molecule has 0 fully saturated rings. The number of rotatable bonds is 0. The molecule has 0 amide bonds. The fourth-order valence-electron chi connectivity index (χ4n) is 0.